The number of carbonyl (C=O) groups is 1. The van der Waals surface area contributed by atoms with Crippen molar-refractivity contribution in [1.29, 1.82) is 0 Å². The first-order chi connectivity index (χ1) is 14.6. The number of carbonyl (C=O) groups excluding carboxylic acids is 1. The van der Waals surface area contributed by atoms with Gasteiger partial charge in [-0.2, -0.15) is 5.10 Å². The smallest absolute Gasteiger partial charge is 0.256 e. The Hall–Kier alpha value is -2.36. The molecule has 1 aromatic carbocycles. The van der Waals surface area contributed by atoms with Gasteiger partial charge in [-0.15, -0.1) is 0 Å². The molecule has 1 fully saturated rings. The Morgan fingerprint density at radius 3 is 2.71 bits per heavy atom. The minimum atomic E-state index is -3.54. The molecule has 0 saturated carbocycles. The number of amides is 1. The Balaban J connectivity index is 1.74. The van der Waals surface area contributed by atoms with Gasteiger partial charge in [0.25, 0.3) is 5.91 Å². The lowest BCUT2D eigenvalue weighted by atomic mass is 9.97. The van der Waals surface area contributed by atoms with Crippen LogP contribution >= 0.6 is 23.2 Å². The van der Waals surface area contributed by atoms with Crippen molar-refractivity contribution in [2.24, 2.45) is 0 Å². The van der Waals surface area contributed by atoms with E-state index in [4.69, 9.17) is 23.2 Å². The van der Waals surface area contributed by atoms with Crippen molar-refractivity contribution in [3.05, 3.63) is 57.5 Å². The predicted octanol–water partition coefficient (Wildman–Crippen LogP) is 4.08. The van der Waals surface area contributed by atoms with E-state index in [1.807, 2.05) is 6.92 Å². The number of aromatic nitrogens is 3. The molecule has 4 rings (SSSR count). The number of nitrogens with one attached hydrogen (secondary N) is 1. The van der Waals surface area contributed by atoms with Gasteiger partial charge in [0.15, 0.2) is 5.65 Å². The van der Waals surface area contributed by atoms with Crippen LogP contribution in [0.2, 0.25) is 10.3 Å². The van der Waals surface area contributed by atoms with Gasteiger partial charge in [-0.05, 0) is 38.3 Å². The molecule has 0 aliphatic carbocycles. The first-order valence-corrected chi connectivity index (χ1v) is 12.4. The average molecular weight is 482 g/mol. The minimum Gasteiger partial charge on any atom is -0.330 e. The van der Waals surface area contributed by atoms with Crippen LogP contribution in [0.4, 0.5) is 5.69 Å². The maximum Gasteiger partial charge on any atom is 0.256 e. The van der Waals surface area contributed by atoms with Gasteiger partial charge in [-0.1, -0.05) is 34.8 Å². The highest BCUT2D eigenvalue weighted by atomic mass is 35.5. The summed E-state index contributed by atoms with van der Waals surface area (Å²) in [6.07, 6.45) is 3.57. The molecule has 1 atom stereocenters. The normalized spacial score (nSPS) is 17.2. The topological polar surface area (TPSA) is 96.7 Å². The Bertz CT molecular complexity index is 1280. The lowest BCUT2D eigenvalue weighted by Crippen LogP contribution is -2.39. The van der Waals surface area contributed by atoms with Crippen LogP contribution in [-0.2, 0) is 10.0 Å². The molecule has 11 heteroatoms. The van der Waals surface area contributed by atoms with Crippen molar-refractivity contribution in [2.75, 3.05) is 17.5 Å². The van der Waals surface area contributed by atoms with Crippen LogP contribution in [0.15, 0.2) is 30.3 Å². The van der Waals surface area contributed by atoms with E-state index in [0.717, 1.165) is 31.1 Å². The van der Waals surface area contributed by atoms with Crippen LogP contribution in [0, 0.1) is 6.92 Å². The molecule has 2 aromatic heterocycles. The molecule has 0 bridgehead atoms. The van der Waals surface area contributed by atoms with Gasteiger partial charge in [-0.25, -0.2) is 17.9 Å². The van der Waals surface area contributed by atoms with Crippen molar-refractivity contribution in [3.63, 3.8) is 0 Å². The third kappa shape index (κ3) is 4.63. The van der Waals surface area contributed by atoms with E-state index in [1.165, 1.54) is 10.6 Å². The molecule has 164 valence electrons. The monoisotopic (exact) mass is 481 g/mol. The van der Waals surface area contributed by atoms with E-state index >= 15 is 0 Å². The SMILES string of the molecule is Cc1ccc(NS(C)(=O)=O)c(C(=O)N2CCCCC2c2cc3nc(Cl)cc(Cl)n3n2)c1. The number of sulfonamides is 1. The summed E-state index contributed by atoms with van der Waals surface area (Å²) < 4.78 is 27.5. The van der Waals surface area contributed by atoms with Gasteiger partial charge in [0, 0.05) is 18.7 Å². The van der Waals surface area contributed by atoms with E-state index in [0.29, 0.717) is 28.6 Å². The fraction of sp³-hybridized carbons (Fsp3) is 0.350. The van der Waals surface area contributed by atoms with Crippen molar-refractivity contribution < 1.29 is 13.2 Å². The van der Waals surface area contributed by atoms with Crippen molar-refractivity contribution in [2.45, 2.75) is 32.2 Å². The number of nitrogens with zero attached hydrogens (tertiary/aromatic N) is 4. The van der Waals surface area contributed by atoms with E-state index in [9.17, 15) is 13.2 Å². The molecule has 8 nitrogen and oxygen atoms in total. The maximum atomic E-state index is 13.6. The number of rotatable bonds is 4. The Morgan fingerprint density at radius 2 is 1.97 bits per heavy atom. The molecule has 3 aromatic rings. The Labute approximate surface area is 190 Å². The second-order valence-electron chi connectivity index (χ2n) is 7.67. The summed E-state index contributed by atoms with van der Waals surface area (Å²) >= 11 is 12.2. The Kier molecular flexibility index (Phi) is 5.85. The highest BCUT2D eigenvalue weighted by molar-refractivity contribution is 7.92. The molecule has 1 aliphatic rings. The molecule has 1 N–H and O–H groups in total. The predicted molar refractivity (Wildman–Crippen MR) is 120 cm³/mol. The standard InChI is InChI=1S/C20H21Cl2N5O3S/c1-12-6-7-14(25-31(2,29)30)13(9-12)20(28)26-8-4-3-5-16(26)15-10-19-23-17(21)11-18(22)27(19)24-15/h6-7,9-11,16,25H,3-5,8H2,1-2H3. The van der Waals surface area contributed by atoms with Gasteiger partial charge in [0.1, 0.15) is 10.3 Å². The van der Waals surface area contributed by atoms with Crippen LogP contribution in [0.5, 0.6) is 0 Å². The van der Waals surface area contributed by atoms with Gasteiger partial charge in [0.2, 0.25) is 10.0 Å². The van der Waals surface area contributed by atoms with Gasteiger partial charge in [0.05, 0.1) is 29.2 Å². The number of hydrogen-bond acceptors (Lipinski definition) is 5. The first-order valence-electron chi connectivity index (χ1n) is 9.73. The zero-order chi connectivity index (χ0) is 22.3. The number of likely N-dealkylation sites (tertiary alicyclic amines) is 1. The number of fused-ring (bicyclic) bond motifs is 1. The summed E-state index contributed by atoms with van der Waals surface area (Å²) in [6, 6.07) is 8.07. The molecule has 1 saturated heterocycles. The molecule has 1 unspecified atom stereocenters. The highest BCUT2D eigenvalue weighted by Gasteiger charge is 2.32. The average Bonchev–Trinajstić information content (AvgIpc) is 3.12. The minimum absolute atomic E-state index is 0.256. The van der Waals surface area contributed by atoms with Crippen molar-refractivity contribution >= 4 is 50.5 Å². The third-order valence-corrected chi connectivity index (χ3v) is 6.23. The lowest BCUT2D eigenvalue weighted by Gasteiger charge is -2.35. The summed E-state index contributed by atoms with van der Waals surface area (Å²) in [5, 5.41) is 5.15. The van der Waals surface area contributed by atoms with E-state index in [-0.39, 0.29) is 22.8 Å². The van der Waals surface area contributed by atoms with Crippen LogP contribution in [0.1, 0.15) is 46.9 Å². The molecular formula is C20H21Cl2N5O3S. The van der Waals surface area contributed by atoms with Crippen LogP contribution < -0.4 is 4.72 Å². The zero-order valence-corrected chi connectivity index (χ0v) is 19.3. The van der Waals surface area contributed by atoms with Crippen LogP contribution in [0.25, 0.3) is 5.65 Å². The number of aryl methyl sites for hydroxylation is 1. The first kappa shape index (κ1) is 21.9. The lowest BCUT2D eigenvalue weighted by molar-refractivity contribution is 0.0606. The molecule has 1 aliphatic heterocycles. The molecule has 1 amide bonds. The number of hydrogen-bond donors (Lipinski definition) is 1. The molecule has 0 radical (unpaired) electrons. The van der Waals surface area contributed by atoms with Gasteiger partial charge in [-0.3, -0.25) is 9.52 Å². The van der Waals surface area contributed by atoms with E-state index < -0.39 is 10.0 Å². The van der Waals surface area contributed by atoms with Crippen LogP contribution in [-0.4, -0.2) is 46.6 Å². The van der Waals surface area contributed by atoms with E-state index in [2.05, 4.69) is 14.8 Å². The second-order valence-corrected chi connectivity index (χ2v) is 10.2. The summed E-state index contributed by atoms with van der Waals surface area (Å²) in [5.74, 6) is -0.256. The molecule has 31 heavy (non-hydrogen) atoms. The summed E-state index contributed by atoms with van der Waals surface area (Å²) in [6.45, 7) is 2.39. The van der Waals surface area contributed by atoms with Crippen molar-refractivity contribution in [1.82, 2.24) is 19.5 Å². The highest BCUT2D eigenvalue weighted by Crippen LogP contribution is 2.34. The molecular weight excluding hydrogens is 461 g/mol. The Morgan fingerprint density at radius 1 is 1.19 bits per heavy atom. The van der Waals surface area contributed by atoms with E-state index in [1.54, 1.807) is 29.2 Å². The number of benzene rings is 1. The van der Waals surface area contributed by atoms with Gasteiger partial charge >= 0.3 is 0 Å². The molecule has 0 spiro atoms. The van der Waals surface area contributed by atoms with Gasteiger partial charge < -0.3 is 4.90 Å². The second kappa shape index (κ2) is 8.29. The quantitative estimate of drug-likeness (QED) is 0.566. The zero-order valence-electron chi connectivity index (χ0n) is 17.0. The number of halogens is 2. The summed E-state index contributed by atoms with van der Waals surface area (Å²) in [4.78, 5) is 19.6. The summed E-state index contributed by atoms with van der Waals surface area (Å²) in [7, 11) is -3.54. The van der Waals surface area contributed by atoms with Crippen molar-refractivity contribution in [3.8, 4) is 0 Å². The number of piperidine rings is 1. The fourth-order valence-electron chi connectivity index (χ4n) is 3.85. The maximum absolute atomic E-state index is 13.6. The summed E-state index contributed by atoms with van der Waals surface area (Å²) in [5.41, 5.74) is 2.58. The fourth-order valence-corrected chi connectivity index (χ4v) is 4.90. The molecule has 3 heterocycles. The van der Waals surface area contributed by atoms with Crippen LogP contribution in [0.3, 0.4) is 0 Å². The third-order valence-electron chi connectivity index (χ3n) is 5.18. The largest absolute Gasteiger partial charge is 0.330 e. The number of anilines is 1.